The van der Waals surface area contributed by atoms with Crippen molar-refractivity contribution in [2.75, 3.05) is 5.73 Å². The summed E-state index contributed by atoms with van der Waals surface area (Å²) < 4.78 is 0.974. The Morgan fingerprint density at radius 3 is 2.94 bits per heavy atom. The number of benzene rings is 1. The fourth-order valence-electron chi connectivity index (χ4n) is 1.47. The van der Waals surface area contributed by atoms with E-state index in [9.17, 15) is 0 Å². The van der Waals surface area contributed by atoms with Crippen LogP contribution in [0.15, 0.2) is 45.5 Å². The normalized spacial score (nSPS) is 10.8. The molecule has 3 rings (SSSR count). The van der Waals surface area contributed by atoms with Crippen LogP contribution in [0.1, 0.15) is 0 Å². The van der Waals surface area contributed by atoms with Gasteiger partial charge in [0.25, 0.3) is 0 Å². The number of hydrogen-bond donors (Lipinski definition) is 1. The summed E-state index contributed by atoms with van der Waals surface area (Å²) in [5.41, 5.74) is 7.30. The molecule has 2 aromatic heterocycles. The molecule has 3 aromatic rings. The predicted octanol–water partition coefficient (Wildman–Crippen LogP) is 2.82. The van der Waals surface area contributed by atoms with Crippen molar-refractivity contribution in [2.24, 2.45) is 0 Å². The fraction of sp³-hybridized carbons (Fsp3) is 0. The maximum absolute atomic E-state index is 5.73. The molecule has 0 amide bonds. The lowest BCUT2D eigenvalue weighted by Crippen LogP contribution is -1.89. The predicted molar refractivity (Wildman–Crippen MR) is 70.2 cm³/mol. The van der Waals surface area contributed by atoms with Crippen LogP contribution in [0.2, 0.25) is 0 Å². The molecule has 0 aliphatic heterocycles. The molecule has 0 saturated carbocycles. The number of rotatable bonds is 2. The zero-order valence-electron chi connectivity index (χ0n) is 8.70. The van der Waals surface area contributed by atoms with Gasteiger partial charge in [-0.2, -0.15) is 0 Å². The molecule has 0 aliphatic carbocycles. The van der Waals surface area contributed by atoms with Crippen molar-refractivity contribution in [1.82, 2.24) is 15.0 Å². The van der Waals surface area contributed by atoms with E-state index in [1.165, 1.54) is 0 Å². The highest BCUT2D eigenvalue weighted by Gasteiger charge is 2.07. The topological polar surface area (TPSA) is 64.7 Å². The molecule has 1 aromatic carbocycles. The molecule has 2 heterocycles. The van der Waals surface area contributed by atoms with Crippen LogP contribution >= 0.6 is 23.1 Å². The van der Waals surface area contributed by atoms with Gasteiger partial charge in [-0.05, 0) is 30.0 Å². The SMILES string of the molecule is Nc1ccc2c(Sc3nccs3)ncnc2c1. The van der Waals surface area contributed by atoms with Crippen LogP contribution in [-0.4, -0.2) is 15.0 Å². The van der Waals surface area contributed by atoms with Crippen molar-refractivity contribution in [2.45, 2.75) is 9.37 Å². The van der Waals surface area contributed by atoms with Gasteiger partial charge in [0.05, 0.1) is 5.52 Å². The van der Waals surface area contributed by atoms with Gasteiger partial charge in [0, 0.05) is 22.7 Å². The Kier molecular flexibility index (Phi) is 2.66. The van der Waals surface area contributed by atoms with E-state index in [0.29, 0.717) is 5.69 Å². The second-order valence-corrected chi connectivity index (χ2v) is 5.49. The van der Waals surface area contributed by atoms with E-state index in [0.717, 1.165) is 20.3 Å². The first-order valence-electron chi connectivity index (χ1n) is 4.90. The van der Waals surface area contributed by atoms with Gasteiger partial charge in [-0.25, -0.2) is 15.0 Å². The summed E-state index contributed by atoms with van der Waals surface area (Å²) in [4.78, 5) is 12.7. The van der Waals surface area contributed by atoms with E-state index in [4.69, 9.17) is 5.73 Å². The number of hydrogen-bond acceptors (Lipinski definition) is 6. The van der Waals surface area contributed by atoms with Crippen molar-refractivity contribution >= 4 is 39.7 Å². The van der Waals surface area contributed by atoms with Crippen molar-refractivity contribution in [1.29, 1.82) is 0 Å². The molecule has 17 heavy (non-hydrogen) atoms. The lowest BCUT2D eigenvalue weighted by atomic mass is 10.2. The Morgan fingerprint density at radius 2 is 2.12 bits per heavy atom. The molecule has 0 saturated heterocycles. The molecule has 84 valence electrons. The number of nitrogen functional groups attached to an aromatic ring is 1. The molecule has 0 aliphatic rings. The molecule has 2 N–H and O–H groups in total. The Balaban J connectivity index is 2.10. The van der Waals surface area contributed by atoms with Gasteiger partial charge >= 0.3 is 0 Å². The minimum atomic E-state index is 0.710. The molecule has 0 atom stereocenters. The number of nitrogens with two attached hydrogens (primary N) is 1. The monoisotopic (exact) mass is 260 g/mol. The minimum Gasteiger partial charge on any atom is -0.399 e. The van der Waals surface area contributed by atoms with E-state index in [1.54, 1.807) is 35.6 Å². The summed E-state index contributed by atoms with van der Waals surface area (Å²) in [5.74, 6) is 0. The minimum absolute atomic E-state index is 0.710. The zero-order valence-corrected chi connectivity index (χ0v) is 10.3. The van der Waals surface area contributed by atoms with E-state index >= 15 is 0 Å². The van der Waals surface area contributed by atoms with Crippen LogP contribution in [0.25, 0.3) is 10.9 Å². The lowest BCUT2D eigenvalue weighted by Gasteiger charge is -2.03. The van der Waals surface area contributed by atoms with Gasteiger partial charge in [-0.3, -0.25) is 0 Å². The quantitative estimate of drug-likeness (QED) is 0.567. The van der Waals surface area contributed by atoms with Crippen LogP contribution in [0.5, 0.6) is 0 Å². The average molecular weight is 260 g/mol. The summed E-state index contributed by atoms with van der Waals surface area (Å²) >= 11 is 3.14. The Hall–Kier alpha value is -1.66. The van der Waals surface area contributed by atoms with Gasteiger partial charge in [0.1, 0.15) is 11.4 Å². The largest absolute Gasteiger partial charge is 0.399 e. The highest BCUT2D eigenvalue weighted by Crippen LogP contribution is 2.32. The first kappa shape index (κ1) is 10.5. The third-order valence-corrected chi connectivity index (χ3v) is 4.12. The first-order chi connectivity index (χ1) is 8.33. The maximum atomic E-state index is 5.73. The maximum Gasteiger partial charge on any atom is 0.156 e. The van der Waals surface area contributed by atoms with Gasteiger partial charge in [-0.1, -0.05) is 0 Å². The van der Waals surface area contributed by atoms with Gasteiger partial charge in [-0.15, -0.1) is 11.3 Å². The van der Waals surface area contributed by atoms with Crippen LogP contribution in [0, 0.1) is 0 Å². The fourth-order valence-corrected chi connectivity index (χ4v) is 3.09. The smallest absolute Gasteiger partial charge is 0.156 e. The number of fused-ring (bicyclic) bond motifs is 1. The van der Waals surface area contributed by atoms with E-state index in [-0.39, 0.29) is 0 Å². The summed E-state index contributed by atoms with van der Waals surface area (Å²) in [7, 11) is 0. The molecular weight excluding hydrogens is 252 g/mol. The van der Waals surface area contributed by atoms with Gasteiger partial charge in [0.15, 0.2) is 4.34 Å². The van der Waals surface area contributed by atoms with Crippen LogP contribution in [0.3, 0.4) is 0 Å². The molecule has 6 heteroatoms. The molecule has 0 radical (unpaired) electrons. The molecule has 0 bridgehead atoms. The number of thiazole rings is 1. The number of anilines is 1. The van der Waals surface area contributed by atoms with Crippen molar-refractivity contribution in [3.8, 4) is 0 Å². The van der Waals surface area contributed by atoms with Crippen molar-refractivity contribution in [3.05, 3.63) is 36.1 Å². The molecule has 0 fully saturated rings. The Bertz CT molecular complexity index is 652. The summed E-state index contributed by atoms with van der Waals surface area (Å²) in [6.45, 7) is 0. The lowest BCUT2D eigenvalue weighted by molar-refractivity contribution is 1.10. The average Bonchev–Trinajstić information content (AvgIpc) is 2.82. The van der Waals surface area contributed by atoms with E-state index in [1.807, 2.05) is 23.6 Å². The van der Waals surface area contributed by atoms with Gasteiger partial charge < -0.3 is 5.73 Å². The summed E-state index contributed by atoms with van der Waals surface area (Å²) in [6.07, 6.45) is 3.34. The van der Waals surface area contributed by atoms with Crippen LogP contribution < -0.4 is 5.73 Å². The Labute approximate surface area is 106 Å². The highest BCUT2D eigenvalue weighted by atomic mass is 32.2. The number of aromatic nitrogens is 3. The summed E-state index contributed by atoms with van der Waals surface area (Å²) in [6, 6.07) is 5.65. The van der Waals surface area contributed by atoms with Gasteiger partial charge in [0.2, 0.25) is 0 Å². The second kappa shape index (κ2) is 4.31. The third kappa shape index (κ3) is 2.09. The number of nitrogens with zero attached hydrogens (tertiary/aromatic N) is 3. The van der Waals surface area contributed by atoms with E-state index in [2.05, 4.69) is 15.0 Å². The van der Waals surface area contributed by atoms with Crippen LogP contribution in [0.4, 0.5) is 5.69 Å². The summed E-state index contributed by atoms with van der Waals surface area (Å²) in [5, 5.41) is 3.86. The van der Waals surface area contributed by atoms with Crippen molar-refractivity contribution < 1.29 is 0 Å². The first-order valence-corrected chi connectivity index (χ1v) is 6.60. The standard InChI is InChI=1S/C11H8N4S2/c12-7-1-2-8-9(5-7)14-6-15-10(8)17-11-13-3-4-16-11/h1-6H,12H2. The zero-order chi connectivity index (χ0) is 11.7. The molecular formula is C11H8N4S2. The highest BCUT2D eigenvalue weighted by molar-refractivity contribution is 8.01. The molecule has 0 unspecified atom stereocenters. The van der Waals surface area contributed by atoms with Crippen molar-refractivity contribution in [3.63, 3.8) is 0 Å². The molecule has 4 nitrogen and oxygen atoms in total. The third-order valence-electron chi connectivity index (χ3n) is 2.22. The Morgan fingerprint density at radius 1 is 1.18 bits per heavy atom. The van der Waals surface area contributed by atoms with Crippen LogP contribution in [-0.2, 0) is 0 Å². The second-order valence-electron chi connectivity index (χ2n) is 3.36. The van der Waals surface area contributed by atoms with E-state index < -0.39 is 0 Å². The molecule has 0 spiro atoms.